The summed E-state index contributed by atoms with van der Waals surface area (Å²) in [6, 6.07) is 12.2. The Morgan fingerprint density at radius 3 is 1.55 bits per heavy atom. The number of unbranched alkanes of at least 4 members (excludes halogenated alkanes) is 6. The lowest BCUT2D eigenvalue weighted by atomic mass is 10.1. The van der Waals surface area contributed by atoms with Crippen LogP contribution in [0.4, 0.5) is 0 Å². The smallest absolute Gasteiger partial charge is 0.167 e. The molecule has 9 heteroatoms. The number of rotatable bonds is 17. The lowest BCUT2D eigenvalue weighted by molar-refractivity contribution is 0.209. The van der Waals surface area contributed by atoms with Crippen LogP contribution in [0.25, 0.3) is 34.2 Å². The van der Waals surface area contributed by atoms with Gasteiger partial charge in [0.15, 0.2) is 17.5 Å². The Bertz CT molecular complexity index is 1610. The molecule has 1 aromatic heterocycles. The second kappa shape index (κ2) is 17.2. The first-order valence-corrected chi connectivity index (χ1v) is 18.0. The van der Waals surface area contributed by atoms with Crippen molar-refractivity contribution in [1.29, 1.82) is 0 Å². The number of hydrogen-bond acceptors (Lipinski definition) is 9. The minimum Gasteiger partial charge on any atom is -0.507 e. The fourth-order valence-electron chi connectivity index (χ4n) is 6.17. The van der Waals surface area contributed by atoms with Crippen molar-refractivity contribution >= 4 is 0 Å². The van der Waals surface area contributed by atoms with Gasteiger partial charge in [0.25, 0.3) is 0 Å². The van der Waals surface area contributed by atoms with Crippen molar-refractivity contribution in [1.82, 2.24) is 15.0 Å². The van der Waals surface area contributed by atoms with Gasteiger partial charge in [-0.25, -0.2) is 15.0 Å². The summed E-state index contributed by atoms with van der Waals surface area (Å²) in [6.45, 7) is 9.07. The number of ether oxygens (including phenoxy) is 3. The van der Waals surface area contributed by atoms with Gasteiger partial charge in [0.1, 0.15) is 34.5 Å². The van der Waals surface area contributed by atoms with E-state index in [1.54, 1.807) is 44.2 Å². The van der Waals surface area contributed by atoms with Gasteiger partial charge in [-0.15, -0.1) is 0 Å². The van der Waals surface area contributed by atoms with Crippen LogP contribution in [0.15, 0.2) is 42.5 Å². The Morgan fingerprint density at radius 1 is 0.612 bits per heavy atom. The molecule has 3 N–H and O–H groups in total. The summed E-state index contributed by atoms with van der Waals surface area (Å²) in [4.78, 5) is 14.2. The molecule has 3 aromatic carbocycles. The van der Waals surface area contributed by atoms with E-state index in [-0.39, 0.29) is 40.8 Å². The van der Waals surface area contributed by atoms with Crippen LogP contribution in [0.1, 0.15) is 102 Å². The van der Waals surface area contributed by atoms with Crippen molar-refractivity contribution in [2.75, 3.05) is 13.2 Å². The molecule has 5 rings (SSSR count). The molecule has 1 aliphatic rings. The minimum atomic E-state index is -0.0435. The number of aromatic nitrogens is 3. The zero-order chi connectivity index (χ0) is 34.8. The van der Waals surface area contributed by atoms with Crippen molar-refractivity contribution in [3.05, 3.63) is 53.6 Å². The molecular weight excluding hydrogens is 618 g/mol. The summed E-state index contributed by atoms with van der Waals surface area (Å²) in [5.74, 6) is 2.28. The normalized spacial score (nSPS) is 13.1. The molecule has 0 saturated heterocycles. The third-order valence-corrected chi connectivity index (χ3v) is 9.21. The molecule has 9 nitrogen and oxygen atoms in total. The van der Waals surface area contributed by atoms with Gasteiger partial charge in [0, 0.05) is 17.2 Å². The van der Waals surface area contributed by atoms with Gasteiger partial charge in [0.2, 0.25) is 0 Å². The quantitative estimate of drug-likeness (QED) is 0.0941. The fourth-order valence-corrected chi connectivity index (χ4v) is 6.17. The van der Waals surface area contributed by atoms with Gasteiger partial charge in [-0.2, -0.15) is 0 Å². The lowest BCUT2D eigenvalue weighted by Gasteiger charge is -2.16. The summed E-state index contributed by atoms with van der Waals surface area (Å²) < 4.78 is 18.1. The number of aromatic hydroxyl groups is 3. The highest BCUT2D eigenvalue weighted by Crippen LogP contribution is 2.41. The minimum absolute atomic E-state index is 0.00841. The van der Waals surface area contributed by atoms with E-state index >= 15 is 0 Å². The topological polar surface area (TPSA) is 127 Å². The first kappa shape index (κ1) is 35.8. The molecule has 49 heavy (non-hydrogen) atoms. The van der Waals surface area contributed by atoms with Crippen LogP contribution in [-0.4, -0.2) is 49.6 Å². The average Bonchev–Trinajstić information content (AvgIpc) is 3.61. The number of phenols is 3. The molecule has 0 amide bonds. The Labute approximate surface area is 290 Å². The SMILES string of the molecule is CCCCCCOc1ccc(-c2nc(-c3ccc(OC4CCCC4)cc3O)nc(-c3ccc(OCCCCCC)c(C)c3O)n2)c(O)c1C. The lowest BCUT2D eigenvalue weighted by Crippen LogP contribution is -2.10. The van der Waals surface area contributed by atoms with Crippen LogP contribution < -0.4 is 14.2 Å². The summed E-state index contributed by atoms with van der Waals surface area (Å²) in [6.07, 6.45) is 13.1. The van der Waals surface area contributed by atoms with E-state index in [0.29, 0.717) is 58.3 Å². The number of benzene rings is 3. The van der Waals surface area contributed by atoms with Crippen LogP contribution in [0.2, 0.25) is 0 Å². The first-order valence-electron chi connectivity index (χ1n) is 18.0. The van der Waals surface area contributed by atoms with E-state index in [2.05, 4.69) is 13.8 Å². The number of phenolic OH excluding ortho intramolecular Hbond substituents is 3. The summed E-state index contributed by atoms with van der Waals surface area (Å²) in [5.41, 5.74) is 2.28. The molecule has 0 bridgehead atoms. The summed E-state index contributed by atoms with van der Waals surface area (Å²) >= 11 is 0. The highest BCUT2D eigenvalue weighted by Gasteiger charge is 2.22. The predicted molar refractivity (Wildman–Crippen MR) is 193 cm³/mol. The molecule has 0 aliphatic heterocycles. The van der Waals surface area contributed by atoms with Gasteiger partial charge < -0.3 is 29.5 Å². The van der Waals surface area contributed by atoms with Gasteiger partial charge in [-0.1, -0.05) is 52.4 Å². The van der Waals surface area contributed by atoms with Crippen molar-refractivity contribution in [3.63, 3.8) is 0 Å². The van der Waals surface area contributed by atoms with Crippen LogP contribution in [0, 0.1) is 13.8 Å². The second-order valence-electron chi connectivity index (χ2n) is 13.0. The average molecular weight is 670 g/mol. The monoisotopic (exact) mass is 669 g/mol. The molecule has 1 fully saturated rings. The van der Waals surface area contributed by atoms with E-state index in [0.717, 1.165) is 77.0 Å². The van der Waals surface area contributed by atoms with Crippen LogP contribution in [0.5, 0.6) is 34.5 Å². The van der Waals surface area contributed by atoms with Crippen LogP contribution in [0.3, 0.4) is 0 Å². The zero-order valence-electron chi connectivity index (χ0n) is 29.4. The fraction of sp³-hybridized carbons (Fsp3) is 0.475. The van der Waals surface area contributed by atoms with Crippen molar-refractivity contribution in [3.8, 4) is 68.7 Å². The van der Waals surface area contributed by atoms with E-state index in [1.165, 1.54) is 0 Å². The molecule has 0 unspecified atom stereocenters. The molecule has 0 spiro atoms. The number of nitrogens with zero attached hydrogens (tertiary/aromatic N) is 3. The van der Waals surface area contributed by atoms with Crippen LogP contribution in [-0.2, 0) is 0 Å². The van der Waals surface area contributed by atoms with Crippen molar-refractivity contribution < 1.29 is 29.5 Å². The maximum absolute atomic E-state index is 11.4. The summed E-state index contributed by atoms with van der Waals surface area (Å²) in [5, 5.41) is 33.9. The highest BCUT2D eigenvalue weighted by molar-refractivity contribution is 5.76. The summed E-state index contributed by atoms with van der Waals surface area (Å²) in [7, 11) is 0. The molecule has 0 atom stereocenters. The largest absolute Gasteiger partial charge is 0.507 e. The molecule has 1 heterocycles. The zero-order valence-corrected chi connectivity index (χ0v) is 29.4. The Hall–Kier alpha value is -4.53. The molecule has 1 saturated carbocycles. The van der Waals surface area contributed by atoms with Crippen molar-refractivity contribution in [2.45, 2.75) is 111 Å². The van der Waals surface area contributed by atoms with Gasteiger partial charge in [0.05, 0.1) is 36.0 Å². The van der Waals surface area contributed by atoms with Gasteiger partial charge >= 0.3 is 0 Å². The molecular formula is C40H51N3O6. The third-order valence-electron chi connectivity index (χ3n) is 9.21. The van der Waals surface area contributed by atoms with Gasteiger partial charge in [-0.3, -0.25) is 0 Å². The van der Waals surface area contributed by atoms with Crippen molar-refractivity contribution in [2.24, 2.45) is 0 Å². The van der Waals surface area contributed by atoms with E-state index in [4.69, 9.17) is 29.2 Å². The third kappa shape index (κ3) is 8.94. The van der Waals surface area contributed by atoms with E-state index in [1.807, 2.05) is 12.1 Å². The van der Waals surface area contributed by atoms with Gasteiger partial charge in [-0.05, 0) is 88.8 Å². The number of hydrogen-bond donors (Lipinski definition) is 3. The predicted octanol–water partition coefficient (Wildman–Crippen LogP) is 9.85. The maximum Gasteiger partial charge on any atom is 0.167 e. The molecule has 4 aromatic rings. The Morgan fingerprint density at radius 2 is 1.08 bits per heavy atom. The molecule has 0 radical (unpaired) electrons. The first-order chi connectivity index (χ1) is 23.8. The highest BCUT2D eigenvalue weighted by atomic mass is 16.5. The van der Waals surface area contributed by atoms with Crippen LogP contribution >= 0.6 is 0 Å². The standard InChI is InChI=1S/C40H51N3O6/c1-5-7-9-13-23-47-34-21-19-31(36(45)26(34)3)39-41-38(30-18-17-29(25-33(30)44)49-28-15-11-12-16-28)42-40(43-39)32-20-22-35(27(4)37(32)46)48-24-14-10-8-6-2/h17-22,25,28,44-46H,5-16,23-24H2,1-4H3. The second-order valence-corrected chi connectivity index (χ2v) is 13.0. The Balaban J connectivity index is 1.51. The molecule has 262 valence electrons. The van der Waals surface area contributed by atoms with E-state index < -0.39 is 0 Å². The Kier molecular flexibility index (Phi) is 12.6. The maximum atomic E-state index is 11.4. The molecule has 1 aliphatic carbocycles. The van der Waals surface area contributed by atoms with E-state index in [9.17, 15) is 15.3 Å².